The number of aromatic nitrogens is 1. The second-order valence-electron chi connectivity index (χ2n) is 5.40. The van der Waals surface area contributed by atoms with E-state index in [2.05, 4.69) is 27.3 Å². The average molecular weight is 322 g/mol. The number of benzene rings is 1. The van der Waals surface area contributed by atoms with Gasteiger partial charge < -0.3 is 16.0 Å². The summed E-state index contributed by atoms with van der Waals surface area (Å²) in [4.78, 5) is 17.6. The van der Waals surface area contributed by atoms with E-state index >= 15 is 0 Å². The number of carbonyl (C=O) groups is 1. The zero-order valence-corrected chi connectivity index (χ0v) is 13.3. The van der Waals surface area contributed by atoms with Crippen LogP contribution in [0.2, 0.25) is 0 Å². The van der Waals surface area contributed by atoms with Gasteiger partial charge in [-0.05, 0) is 17.7 Å². The molecule has 24 heavy (non-hydrogen) atoms. The summed E-state index contributed by atoms with van der Waals surface area (Å²) in [7, 11) is 1.99. The van der Waals surface area contributed by atoms with Gasteiger partial charge in [0.25, 0.3) is 0 Å². The molecule has 2 aromatic rings. The Balaban J connectivity index is 2.14. The molecule has 1 aliphatic rings. The van der Waals surface area contributed by atoms with Crippen LogP contribution in [-0.2, 0) is 0 Å². The molecule has 7 nitrogen and oxygen atoms in total. The van der Waals surface area contributed by atoms with Crippen LogP contribution in [0.4, 0.5) is 4.79 Å². The topological polar surface area (TPSA) is 95.6 Å². The Morgan fingerprint density at radius 1 is 1.50 bits per heavy atom. The van der Waals surface area contributed by atoms with Gasteiger partial charge in [0.1, 0.15) is 0 Å². The van der Waals surface area contributed by atoms with E-state index in [4.69, 9.17) is 10.7 Å². The lowest BCUT2D eigenvalue weighted by molar-refractivity contribution is 0.249. The fourth-order valence-corrected chi connectivity index (χ4v) is 2.55. The molecular formula is C17H18N6O. The summed E-state index contributed by atoms with van der Waals surface area (Å²) in [6, 6.07) is 7.10. The third-order valence-electron chi connectivity index (χ3n) is 3.72. The van der Waals surface area contributed by atoms with E-state index in [0.29, 0.717) is 0 Å². The molecule has 7 heteroatoms. The number of fused-ring (bicyclic) bond motifs is 1. The molecule has 122 valence electrons. The maximum absolute atomic E-state index is 10.8. The first-order valence-corrected chi connectivity index (χ1v) is 7.39. The number of primary amides is 1. The van der Waals surface area contributed by atoms with Crippen molar-refractivity contribution >= 4 is 34.9 Å². The molecular weight excluding hydrogens is 304 g/mol. The van der Waals surface area contributed by atoms with Crippen LogP contribution in [0.3, 0.4) is 0 Å². The van der Waals surface area contributed by atoms with Crippen molar-refractivity contribution in [3.8, 4) is 0 Å². The van der Waals surface area contributed by atoms with Gasteiger partial charge in [-0.15, -0.1) is 0 Å². The molecule has 1 aliphatic heterocycles. The number of hydrazone groups is 1. The molecule has 4 N–H and O–H groups in total. The van der Waals surface area contributed by atoms with Gasteiger partial charge >= 0.3 is 6.03 Å². The van der Waals surface area contributed by atoms with E-state index in [9.17, 15) is 4.79 Å². The summed E-state index contributed by atoms with van der Waals surface area (Å²) in [5, 5.41) is 7.97. The predicted molar refractivity (Wildman–Crippen MR) is 95.9 cm³/mol. The Bertz CT molecular complexity index is 871. The van der Waals surface area contributed by atoms with Gasteiger partial charge in [0.15, 0.2) is 0 Å². The van der Waals surface area contributed by atoms with Crippen molar-refractivity contribution in [1.29, 1.82) is 0 Å². The molecule has 0 bridgehead atoms. The number of pyridine rings is 1. The second kappa shape index (κ2) is 6.41. The van der Waals surface area contributed by atoms with Crippen LogP contribution in [0.25, 0.3) is 22.7 Å². The molecule has 0 spiro atoms. The van der Waals surface area contributed by atoms with E-state index in [1.807, 2.05) is 37.5 Å². The van der Waals surface area contributed by atoms with E-state index < -0.39 is 6.03 Å². The molecule has 0 radical (unpaired) electrons. The first-order valence-electron chi connectivity index (χ1n) is 7.39. The number of nitrogens with zero attached hydrogens (tertiary/aromatic N) is 3. The molecule has 0 fully saturated rings. The highest BCUT2D eigenvalue weighted by atomic mass is 16.2. The van der Waals surface area contributed by atoms with Gasteiger partial charge in [-0.3, -0.25) is 0 Å². The van der Waals surface area contributed by atoms with Crippen LogP contribution in [0.15, 0.2) is 42.1 Å². The maximum atomic E-state index is 10.8. The molecule has 0 saturated carbocycles. The van der Waals surface area contributed by atoms with Gasteiger partial charge in [-0.2, -0.15) is 5.10 Å². The van der Waals surface area contributed by atoms with E-state index in [1.54, 1.807) is 12.3 Å². The molecule has 0 saturated heterocycles. The van der Waals surface area contributed by atoms with E-state index in [1.165, 1.54) is 0 Å². The van der Waals surface area contributed by atoms with Crippen LogP contribution in [-0.4, -0.2) is 35.8 Å². The lowest BCUT2D eigenvalue weighted by Gasteiger charge is -2.15. The zero-order valence-electron chi connectivity index (χ0n) is 13.3. The number of hydrogen-bond acceptors (Lipinski definition) is 5. The number of hydrogen-bond donors (Lipinski definition) is 3. The standard InChI is InChI=1S/C17H18N6O/c1-3-11-4-5-13-12(8-20-22-17(18)24)7-15(21-14(13)6-11)16-9-19-10-23(16)2/h3-9,19H,1,10H2,2H3,(H3,18,22,24)/b20-8+. The van der Waals surface area contributed by atoms with Crippen molar-refractivity contribution in [2.75, 3.05) is 13.7 Å². The van der Waals surface area contributed by atoms with Crippen LogP contribution < -0.4 is 16.5 Å². The molecule has 0 atom stereocenters. The summed E-state index contributed by atoms with van der Waals surface area (Å²) < 4.78 is 0. The average Bonchev–Trinajstić information content (AvgIpc) is 2.99. The molecule has 1 aromatic carbocycles. The van der Waals surface area contributed by atoms with Gasteiger partial charge in [-0.25, -0.2) is 15.2 Å². The van der Waals surface area contributed by atoms with Crippen molar-refractivity contribution in [2.45, 2.75) is 0 Å². The molecule has 0 aliphatic carbocycles. The minimum Gasteiger partial charge on any atom is -0.372 e. The van der Waals surface area contributed by atoms with Crippen LogP contribution in [0, 0.1) is 0 Å². The van der Waals surface area contributed by atoms with Crippen LogP contribution >= 0.6 is 0 Å². The second-order valence-corrected chi connectivity index (χ2v) is 5.40. The maximum Gasteiger partial charge on any atom is 0.332 e. The molecule has 2 amide bonds. The first kappa shape index (κ1) is 15.5. The fourth-order valence-electron chi connectivity index (χ4n) is 2.55. The normalized spacial score (nSPS) is 13.9. The highest BCUT2D eigenvalue weighted by Gasteiger charge is 2.15. The number of nitrogens with two attached hydrogens (primary N) is 1. The zero-order chi connectivity index (χ0) is 17.1. The number of amides is 2. The number of nitrogens with one attached hydrogen (secondary N) is 2. The molecule has 0 unspecified atom stereocenters. The molecule has 1 aromatic heterocycles. The number of urea groups is 1. The lowest BCUT2D eigenvalue weighted by atomic mass is 10.0. The highest BCUT2D eigenvalue weighted by molar-refractivity contribution is 6.00. The summed E-state index contributed by atoms with van der Waals surface area (Å²) in [5.74, 6) is 0. The summed E-state index contributed by atoms with van der Waals surface area (Å²) in [5.41, 5.74) is 11.7. The Labute approximate surface area is 139 Å². The quantitative estimate of drug-likeness (QED) is 0.589. The van der Waals surface area contributed by atoms with Crippen molar-refractivity contribution in [2.24, 2.45) is 10.8 Å². The lowest BCUT2D eigenvalue weighted by Crippen LogP contribution is -2.24. The van der Waals surface area contributed by atoms with Crippen molar-refractivity contribution in [3.05, 3.63) is 53.9 Å². The smallest absolute Gasteiger partial charge is 0.332 e. The van der Waals surface area contributed by atoms with Crippen molar-refractivity contribution in [1.82, 2.24) is 20.6 Å². The monoisotopic (exact) mass is 322 g/mol. The summed E-state index contributed by atoms with van der Waals surface area (Å²) in [6.07, 6.45) is 5.27. The fraction of sp³-hybridized carbons (Fsp3) is 0.118. The number of carbonyl (C=O) groups excluding carboxylic acids is 1. The minimum absolute atomic E-state index is 0.707. The largest absolute Gasteiger partial charge is 0.372 e. The molecule has 3 rings (SSSR count). The number of rotatable bonds is 4. The third-order valence-corrected chi connectivity index (χ3v) is 3.72. The Morgan fingerprint density at radius 2 is 2.33 bits per heavy atom. The highest BCUT2D eigenvalue weighted by Crippen LogP contribution is 2.25. The minimum atomic E-state index is -0.707. The SMILES string of the molecule is C=Cc1ccc2c(/C=N/NC(N)=O)cc(C3=CNCN3C)nc2c1. The Kier molecular flexibility index (Phi) is 4.15. The first-order chi connectivity index (χ1) is 11.6. The van der Waals surface area contributed by atoms with Gasteiger partial charge in [0.2, 0.25) is 0 Å². The summed E-state index contributed by atoms with van der Waals surface area (Å²) >= 11 is 0. The van der Waals surface area contributed by atoms with E-state index in [0.717, 1.165) is 40.1 Å². The summed E-state index contributed by atoms with van der Waals surface area (Å²) in [6.45, 7) is 4.53. The Morgan fingerprint density at radius 3 is 3.00 bits per heavy atom. The van der Waals surface area contributed by atoms with Crippen molar-refractivity contribution < 1.29 is 4.79 Å². The third kappa shape index (κ3) is 3.05. The van der Waals surface area contributed by atoms with Crippen LogP contribution in [0.1, 0.15) is 16.8 Å². The van der Waals surface area contributed by atoms with Gasteiger partial charge in [-0.1, -0.05) is 24.8 Å². The van der Waals surface area contributed by atoms with Gasteiger partial charge in [0, 0.05) is 24.2 Å². The predicted octanol–water partition coefficient (Wildman–Crippen LogP) is 1.67. The van der Waals surface area contributed by atoms with E-state index in [-0.39, 0.29) is 0 Å². The molecule has 2 heterocycles. The van der Waals surface area contributed by atoms with Crippen LogP contribution in [0.5, 0.6) is 0 Å². The van der Waals surface area contributed by atoms with Gasteiger partial charge in [0.05, 0.1) is 29.8 Å². The van der Waals surface area contributed by atoms with Crippen molar-refractivity contribution in [3.63, 3.8) is 0 Å². The Hall–Kier alpha value is -3.35.